The first-order chi connectivity index (χ1) is 15.6. The minimum absolute atomic E-state index is 0.427. The van der Waals surface area contributed by atoms with Crippen LogP contribution < -0.4 is 10.1 Å². The molecule has 32 heavy (non-hydrogen) atoms. The van der Waals surface area contributed by atoms with Gasteiger partial charge in [-0.05, 0) is 61.5 Å². The van der Waals surface area contributed by atoms with Gasteiger partial charge in [-0.15, -0.1) is 11.3 Å². The third-order valence-corrected chi connectivity index (χ3v) is 5.44. The van der Waals surface area contributed by atoms with E-state index in [1.165, 1.54) is 24.3 Å². The lowest BCUT2D eigenvalue weighted by atomic mass is 10.2. The molecular formula is C25H20N2O4S. The molecule has 0 aliphatic rings. The molecule has 0 spiro atoms. The molecule has 1 N–H and O–H groups in total. The summed E-state index contributed by atoms with van der Waals surface area (Å²) in [4.78, 5) is 28.9. The number of carbonyl (C=O) groups excluding carboxylic acids is 2. The number of carbonyl (C=O) groups is 2. The summed E-state index contributed by atoms with van der Waals surface area (Å²) in [6, 6.07) is 24.1. The van der Waals surface area contributed by atoms with Crippen LogP contribution in [0.2, 0.25) is 0 Å². The summed E-state index contributed by atoms with van der Waals surface area (Å²) in [7, 11) is 0. The van der Waals surface area contributed by atoms with Gasteiger partial charge in [-0.3, -0.25) is 4.79 Å². The number of thiazole rings is 1. The molecule has 0 fully saturated rings. The van der Waals surface area contributed by atoms with Crippen LogP contribution in [0.4, 0.5) is 5.69 Å². The summed E-state index contributed by atoms with van der Waals surface area (Å²) >= 11 is 1.47. The Morgan fingerprint density at radius 1 is 0.938 bits per heavy atom. The molecule has 0 saturated carbocycles. The van der Waals surface area contributed by atoms with Crippen molar-refractivity contribution in [1.82, 2.24) is 4.98 Å². The van der Waals surface area contributed by atoms with Crippen molar-refractivity contribution in [3.8, 4) is 11.5 Å². The van der Waals surface area contributed by atoms with E-state index in [9.17, 15) is 9.59 Å². The van der Waals surface area contributed by atoms with Crippen molar-refractivity contribution in [1.29, 1.82) is 0 Å². The molecule has 4 aromatic rings. The van der Waals surface area contributed by atoms with Crippen molar-refractivity contribution in [2.24, 2.45) is 0 Å². The molecule has 0 aliphatic carbocycles. The summed E-state index contributed by atoms with van der Waals surface area (Å²) in [5.74, 6) is 0.333. The molecule has 0 radical (unpaired) electrons. The summed E-state index contributed by atoms with van der Waals surface area (Å²) < 4.78 is 12.0. The van der Waals surface area contributed by atoms with Crippen molar-refractivity contribution < 1.29 is 19.1 Å². The van der Waals surface area contributed by atoms with Crippen molar-refractivity contribution in [3.05, 3.63) is 89.9 Å². The zero-order valence-corrected chi connectivity index (χ0v) is 18.0. The number of nitrogens with zero attached hydrogens (tertiary/aromatic N) is 1. The van der Waals surface area contributed by atoms with Gasteiger partial charge in [-0.2, -0.15) is 0 Å². The molecule has 160 valence electrons. The Labute approximate surface area is 189 Å². The van der Waals surface area contributed by atoms with Gasteiger partial charge in [0.1, 0.15) is 16.5 Å². The van der Waals surface area contributed by atoms with E-state index in [-0.39, 0.29) is 0 Å². The van der Waals surface area contributed by atoms with E-state index < -0.39 is 18.0 Å². The van der Waals surface area contributed by atoms with Gasteiger partial charge >= 0.3 is 5.97 Å². The Morgan fingerprint density at radius 3 is 2.38 bits per heavy atom. The Morgan fingerprint density at radius 2 is 1.62 bits per heavy atom. The van der Waals surface area contributed by atoms with Gasteiger partial charge in [0.05, 0.1) is 10.2 Å². The number of nitrogens with one attached hydrogen (secondary N) is 1. The van der Waals surface area contributed by atoms with Crippen molar-refractivity contribution in [2.75, 3.05) is 5.32 Å². The fourth-order valence-electron chi connectivity index (χ4n) is 2.84. The lowest BCUT2D eigenvalue weighted by Crippen LogP contribution is -2.29. The number of aromatic nitrogens is 1. The molecule has 3 aromatic carbocycles. The monoisotopic (exact) mass is 444 g/mol. The molecule has 1 amide bonds. The second-order valence-electron chi connectivity index (χ2n) is 6.86. The van der Waals surface area contributed by atoms with Gasteiger partial charge in [0.15, 0.2) is 6.10 Å². The van der Waals surface area contributed by atoms with Gasteiger partial charge in [0, 0.05) is 11.8 Å². The first kappa shape index (κ1) is 21.3. The van der Waals surface area contributed by atoms with E-state index in [0.29, 0.717) is 16.4 Å². The molecule has 0 bridgehead atoms. The van der Waals surface area contributed by atoms with E-state index in [1.54, 1.807) is 30.3 Å². The maximum Gasteiger partial charge on any atom is 0.331 e. The van der Waals surface area contributed by atoms with Crippen LogP contribution in [0.3, 0.4) is 0 Å². The van der Waals surface area contributed by atoms with E-state index in [1.807, 2.05) is 54.6 Å². The number of esters is 1. The topological polar surface area (TPSA) is 77.5 Å². The summed E-state index contributed by atoms with van der Waals surface area (Å²) in [5, 5.41) is 3.42. The van der Waals surface area contributed by atoms with Gasteiger partial charge in [-0.25, -0.2) is 9.78 Å². The predicted molar refractivity (Wildman–Crippen MR) is 126 cm³/mol. The highest BCUT2D eigenvalue weighted by Crippen LogP contribution is 2.23. The van der Waals surface area contributed by atoms with Crippen LogP contribution in [-0.2, 0) is 14.3 Å². The second kappa shape index (κ2) is 9.89. The molecule has 7 heteroatoms. The fraction of sp³-hybridized carbons (Fsp3) is 0.0800. The van der Waals surface area contributed by atoms with Gasteiger partial charge < -0.3 is 14.8 Å². The summed E-state index contributed by atoms with van der Waals surface area (Å²) in [6.07, 6.45) is 1.91. The van der Waals surface area contributed by atoms with E-state index in [0.717, 1.165) is 16.0 Å². The van der Waals surface area contributed by atoms with Crippen molar-refractivity contribution in [2.45, 2.75) is 13.0 Å². The molecule has 1 unspecified atom stereocenters. The highest BCUT2D eigenvalue weighted by Gasteiger charge is 2.17. The lowest BCUT2D eigenvalue weighted by Gasteiger charge is -2.13. The average molecular weight is 445 g/mol. The number of anilines is 1. The highest BCUT2D eigenvalue weighted by molar-refractivity contribution is 7.19. The van der Waals surface area contributed by atoms with Gasteiger partial charge in [0.2, 0.25) is 0 Å². The zero-order valence-electron chi connectivity index (χ0n) is 17.2. The van der Waals surface area contributed by atoms with E-state index in [2.05, 4.69) is 10.3 Å². The summed E-state index contributed by atoms with van der Waals surface area (Å²) in [5.41, 5.74) is 1.45. The largest absolute Gasteiger partial charge is 0.457 e. The zero-order chi connectivity index (χ0) is 22.3. The van der Waals surface area contributed by atoms with Crippen LogP contribution in [0.25, 0.3) is 16.3 Å². The molecule has 4 rings (SSSR count). The van der Waals surface area contributed by atoms with Crippen molar-refractivity contribution >= 4 is 45.2 Å². The number of benzene rings is 3. The Bertz CT molecular complexity index is 1220. The van der Waals surface area contributed by atoms with Crippen LogP contribution in [0.15, 0.2) is 84.9 Å². The van der Waals surface area contributed by atoms with Crippen LogP contribution in [0.5, 0.6) is 11.5 Å². The van der Waals surface area contributed by atoms with Crippen LogP contribution in [0, 0.1) is 0 Å². The molecule has 1 heterocycles. The van der Waals surface area contributed by atoms with Crippen molar-refractivity contribution in [3.63, 3.8) is 0 Å². The Hall–Kier alpha value is -3.97. The van der Waals surface area contributed by atoms with Crippen LogP contribution in [-0.4, -0.2) is 23.0 Å². The number of amides is 1. The maximum absolute atomic E-state index is 12.4. The average Bonchev–Trinajstić information content (AvgIpc) is 3.23. The Kier molecular flexibility index (Phi) is 6.57. The first-order valence-electron chi connectivity index (χ1n) is 9.95. The van der Waals surface area contributed by atoms with E-state index in [4.69, 9.17) is 9.47 Å². The molecule has 1 aromatic heterocycles. The minimum Gasteiger partial charge on any atom is -0.457 e. The molecule has 0 aliphatic heterocycles. The number of hydrogen-bond donors (Lipinski definition) is 1. The molecule has 6 nitrogen and oxygen atoms in total. The third-order valence-electron chi connectivity index (χ3n) is 4.44. The molecular weight excluding hydrogens is 424 g/mol. The number of para-hydroxylation sites is 2. The number of fused-ring (bicyclic) bond motifs is 1. The normalized spacial score (nSPS) is 11.9. The van der Waals surface area contributed by atoms with Gasteiger partial charge in [0.25, 0.3) is 5.91 Å². The number of rotatable bonds is 7. The quantitative estimate of drug-likeness (QED) is 0.293. The highest BCUT2D eigenvalue weighted by atomic mass is 32.1. The second-order valence-corrected chi connectivity index (χ2v) is 7.92. The Balaban J connectivity index is 1.28. The fourth-order valence-corrected chi connectivity index (χ4v) is 3.71. The lowest BCUT2D eigenvalue weighted by molar-refractivity contribution is -0.148. The third kappa shape index (κ3) is 5.59. The number of ether oxygens (including phenoxy) is 2. The summed E-state index contributed by atoms with van der Waals surface area (Å²) in [6.45, 7) is 1.52. The SMILES string of the molecule is CC(OC(=O)/C=C/c1nc2ccccc2s1)C(=O)Nc1ccc(Oc2ccccc2)cc1. The predicted octanol–water partition coefficient (Wildman–Crippen LogP) is 5.67. The maximum atomic E-state index is 12.4. The first-order valence-corrected chi connectivity index (χ1v) is 10.8. The van der Waals surface area contributed by atoms with E-state index >= 15 is 0 Å². The van der Waals surface area contributed by atoms with Crippen LogP contribution >= 0.6 is 11.3 Å². The smallest absolute Gasteiger partial charge is 0.331 e. The van der Waals surface area contributed by atoms with Gasteiger partial charge in [-0.1, -0.05) is 30.3 Å². The standard InChI is InChI=1S/C25H20N2O4S/c1-17(30-24(28)16-15-23-27-21-9-5-6-10-22(21)32-23)25(29)26-18-11-13-20(14-12-18)31-19-7-3-2-4-8-19/h2-17H,1H3,(H,26,29)/b16-15+. The number of hydrogen-bond acceptors (Lipinski definition) is 6. The molecule has 0 saturated heterocycles. The molecule has 1 atom stereocenters. The van der Waals surface area contributed by atoms with Crippen LogP contribution in [0.1, 0.15) is 11.9 Å². The minimum atomic E-state index is -0.956.